The highest BCUT2D eigenvalue weighted by atomic mass is 19.1. The molecule has 0 radical (unpaired) electrons. The smallest absolute Gasteiger partial charge is 0.355 e. The number of carbonyl (C=O) groups excluding carboxylic acids is 3. The van der Waals surface area contributed by atoms with Crippen LogP contribution >= 0.6 is 0 Å². The van der Waals surface area contributed by atoms with E-state index in [4.69, 9.17) is 9.47 Å². The number of aryl methyl sites for hydroxylation is 1. The zero-order valence-corrected chi connectivity index (χ0v) is 14.4. The molecule has 0 amide bonds. The number of halogens is 2. The Morgan fingerprint density at radius 2 is 1.77 bits per heavy atom. The summed E-state index contributed by atoms with van der Waals surface area (Å²) >= 11 is 0. The van der Waals surface area contributed by atoms with E-state index >= 15 is 0 Å². The van der Waals surface area contributed by atoms with E-state index in [1.54, 1.807) is 20.8 Å². The van der Waals surface area contributed by atoms with Crippen LogP contribution in [0.5, 0.6) is 0 Å². The topological polar surface area (TPSA) is 85.5 Å². The number of hydrogen-bond acceptors (Lipinski definition) is 5. The molecule has 138 valence electrons. The summed E-state index contributed by atoms with van der Waals surface area (Å²) in [4.78, 5) is 38.8. The van der Waals surface area contributed by atoms with Crippen LogP contribution < -0.4 is 0 Å². The van der Waals surface area contributed by atoms with Crippen LogP contribution in [0.3, 0.4) is 0 Å². The Morgan fingerprint density at radius 3 is 2.38 bits per heavy atom. The second kappa shape index (κ2) is 7.90. The zero-order valence-electron chi connectivity index (χ0n) is 14.4. The van der Waals surface area contributed by atoms with Crippen molar-refractivity contribution in [1.82, 2.24) is 4.98 Å². The summed E-state index contributed by atoms with van der Waals surface area (Å²) in [5.41, 5.74) is 0.646. The van der Waals surface area contributed by atoms with Gasteiger partial charge in [-0.15, -0.1) is 0 Å². The highest BCUT2D eigenvalue weighted by molar-refractivity contribution is 6.04. The molecule has 1 aromatic heterocycles. The van der Waals surface area contributed by atoms with Crippen LogP contribution in [0.1, 0.15) is 49.4 Å². The molecule has 0 saturated carbocycles. The number of aromatic amines is 1. The summed E-state index contributed by atoms with van der Waals surface area (Å²) in [6.07, 6.45) is 0. The number of aromatic nitrogens is 1. The first-order valence-corrected chi connectivity index (χ1v) is 7.77. The third kappa shape index (κ3) is 3.96. The first kappa shape index (κ1) is 19.3. The second-order valence-corrected chi connectivity index (χ2v) is 5.47. The van der Waals surface area contributed by atoms with Gasteiger partial charge in [0, 0.05) is 17.3 Å². The van der Waals surface area contributed by atoms with Crippen LogP contribution in [0, 0.1) is 25.5 Å². The Bertz CT molecular complexity index is 873. The Morgan fingerprint density at radius 1 is 1.08 bits per heavy atom. The van der Waals surface area contributed by atoms with Crippen molar-refractivity contribution in [2.24, 2.45) is 0 Å². The molecule has 0 spiro atoms. The van der Waals surface area contributed by atoms with E-state index in [1.165, 1.54) is 0 Å². The number of ketones is 1. The minimum absolute atomic E-state index is 0.142. The SMILES string of the molecule is CCOC(=O)c1[nH]c(C)c(C(=O)COC(=O)c2ccc(F)cc2F)c1C. The Hall–Kier alpha value is -3.03. The zero-order chi connectivity index (χ0) is 19.4. The molecule has 1 N–H and O–H groups in total. The van der Waals surface area contributed by atoms with Crippen molar-refractivity contribution in [3.8, 4) is 0 Å². The lowest BCUT2D eigenvalue weighted by atomic mass is 10.1. The van der Waals surface area contributed by atoms with Gasteiger partial charge in [-0.1, -0.05) is 0 Å². The molecule has 0 saturated heterocycles. The fourth-order valence-electron chi connectivity index (χ4n) is 2.51. The maximum absolute atomic E-state index is 13.6. The highest BCUT2D eigenvalue weighted by Crippen LogP contribution is 2.20. The molecule has 0 fully saturated rings. The first-order chi connectivity index (χ1) is 12.3. The van der Waals surface area contributed by atoms with Gasteiger partial charge in [0.05, 0.1) is 12.2 Å². The summed E-state index contributed by atoms with van der Waals surface area (Å²) in [5, 5.41) is 0. The first-order valence-electron chi connectivity index (χ1n) is 7.77. The van der Waals surface area contributed by atoms with Crippen molar-refractivity contribution < 1.29 is 32.6 Å². The van der Waals surface area contributed by atoms with Crippen molar-refractivity contribution in [2.45, 2.75) is 20.8 Å². The van der Waals surface area contributed by atoms with Gasteiger partial charge < -0.3 is 14.5 Å². The quantitative estimate of drug-likeness (QED) is 0.628. The van der Waals surface area contributed by atoms with Crippen molar-refractivity contribution in [2.75, 3.05) is 13.2 Å². The molecule has 0 aliphatic heterocycles. The van der Waals surface area contributed by atoms with E-state index in [2.05, 4.69) is 4.98 Å². The molecule has 2 aromatic rings. The average molecular weight is 365 g/mol. The van der Waals surface area contributed by atoms with Crippen LogP contribution in [0.25, 0.3) is 0 Å². The van der Waals surface area contributed by atoms with Crippen molar-refractivity contribution in [1.29, 1.82) is 0 Å². The summed E-state index contributed by atoms with van der Waals surface area (Å²) in [5.74, 6) is -4.17. The lowest BCUT2D eigenvalue weighted by molar-refractivity contribution is 0.0468. The van der Waals surface area contributed by atoms with Gasteiger partial charge in [-0.05, 0) is 38.5 Å². The molecule has 0 bridgehead atoms. The maximum Gasteiger partial charge on any atom is 0.355 e. The molecule has 2 rings (SSSR count). The standard InChI is InChI=1S/C18H17F2NO5/c1-4-25-18(24)16-9(2)15(10(3)21-16)14(22)8-26-17(23)12-6-5-11(19)7-13(12)20/h5-7,21H,4,8H2,1-3H3. The monoisotopic (exact) mass is 365 g/mol. The van der Waals surface area contributed by atoms with Crippen molar-refractivity contribution in [3.05, 3.63) is 57.9 Å². The Kier molecular flexibility index (Phi) is 5.86. The number of hydrogen-bond donors (Lipinski definition) is 1. The van der Waals surface area contributed by atoms with E-state index in [9.17, 15) is 23.2 Å². The molecule has 26 heavy (non-hydrogen) atoms. The van der Waals surface area contributed by atoms with Gasteiger partial charge in [-0.2, -0.15) is 0 Å². The summed E-state index contributed by atoms with van der Waals surface area (Å²) in [6.45, 7) is 4.33. The third-order valence-electron chi connectivity index (χ3n) is 3.68. The number of nitrogens with one attached hydrogen (secondary N) is 1. The van der Waals surface area contributed by atoms with Crippen molar-refractivity contribution in [3.63, 3.8) is 0 Å². The number of carbonyl (C=O) groups is 3. The Labute approximate surface area is 148 Å². The number of rotatable bonds is 6. The molecule has 1 aromatic carbocycles. The van der Waals surface area contributed by atoms with E-state index < -0.39 is 41.5 Å². The fraction of sp³-hybridized carbons (Fsp3) is 0.278. The summed E-state index contributed by atoms with van der Waals surface area (Å²) < 4.78 is 36.1. The average Bonchev–Trinajstić information content (AvgIpc) is 2.87. The second-order valence-electron chi connectivity index (χ2n) is 5.47. The van der Waals surface area contributed by atoms with E-state index in [-0.39, 0.29) is 17.9 Å². The number of ether oxygens (including phenoxy) is 2. The van der Waals surface area contributed by atoms with Gasteiger partial charge in [0.1, 0.15) is 17.3 Å². The molecule has 0 aliphatic rings. The molecular formula is C18H17F2NO5. The van der Waals surface area contributed by atoms with Gasteiger partial charge >= 0.3 is 11.9 Å². The lowest BCUT2D eigenvalue weighted by Crippen LogP contribution is -2.16. The normalized spacial score (nSPS) is 10.5. The number of H-pyrrole nitrogens is 1. The predicted octanol–water partition coefficient (Wildman–Crippen LogP) is 3.13. The molecule has 0 aliphatic carbocycles. The minimum atomic E-state index is -1.09. The predicted molar refractivity (Wildman–Crippen MR) is 87.2 cm³/mol. The fourth-order valence-corrected chi connectivity index (χ4v) is 2.51. The summed E-state index contributed by atoms with van der Waals surface area (Å²) in [7, 11) is 0. The number of Topliss-reactive ketones (excluding diaryl/α,β-unsaturated/α-hetero) is 1. The van der Waals surface area contributed by atoms with E-state index in [0.717, 1.165) is 12.1 Å². The Balaban J connectivity index is 2.13. The molecule has 0 unspecified atom stereocenters. The van der Waals surface area contributed by atoms with Gasteiger partial charge in [-0.3, -0.25) is 4.79 Å². The van der Waals surface area contributed by atoms with Gasteiger partial charge in [0.25, 0.3) is 0 Å². The number of esters is 2. The largest absolute Gasteiger partial charge is 0.461 e. The van der Waals surface area contributed by atoms with Crippen LogP contribution in [-0.4, -0.2) is 35.9 Å². The number of benzene rings is 1. The summed E-state index contributed by atoms with van der Waals surface area (Å²) in [6, 6.07) is 2.39. The van der Waals surface area contributed by atoms with Crippen LogP contribution in [-0.2, 0) is 9.47 Å². The maximum atomic E-state index is 13.6. The molecular weight excluding hydrogens is 348 g/mol. The van der Waals surface area contributed by atoms with Crippen molar-refractivity contribution >= 4 is 17.7 Å². The molecule has 0 atom stereocenters. The minimum Gasteiger partial charge on any atom is -0.461 e. The van der Waals surface area contributed by atoms with Gasteiger partial charge in [0.15, 0.2) is 6.61 Å². The third-order valence-corrected chi connectivity index (χ3v) is 3.68. The van der Waals surface area contributed by atoms with Crippen LogP contribution in [0.4, 0.5) is 8.78 Å². The lowest BCUT2D eigenvalue weighted by Gasteiger charge is -2.06. The van der Waals surface area contributed by atoms with E-state index in [0.29, 0.717) is 17.3 Å². The molecule has 8 heteroatoms. The van der Waals surface area contributed by atoms with E-state index in [1.807, 2.05) is 0 Å². The van der Waals surface area contributed by atoms with Crippen LogP contribution in [0.15, 0.2) is 18.2 Å². The molecule has 1 heterocycles. The van der Waals surface area contributed by atoms with Crippen LogP contribution in [0.2, 0.25) is 0 Å². The molecule has 6 nitrogen and oxygen atoms in total. The highest BCUT2D eigenvalue weighted by Gasteiger charge is 2.24. The van der Waals surface area contributed by atoms with Gasteiger partial charge in [-0.25, -0.2) is 18.4 Å². The van der Waals surface area contributed by atoms with Gasteiger partial charge in [0.2, 0.25) is 5.78 Å².